The van der Waals surface area contributed by atoms with E-state index in [9.17, 15) is 8.42 Å². The van der Waals surface area contributed by atoms with Gasteiger partial charge in [-0.3, -0.25) is 9.67 Å². The van der Waals surface area contributed by atoms with Crippen LogP contribution in [-0.2, 0) is 23.1 Å². The van der Waals surface area contributed by atoms with Gasteiger partial charge in [0.25, 0.3) is 0 Å². The van der Waals surface area contributed by atoms with Crippen LogP contribution in [0, 0.1) is 0 Å². The molecule has 1 saturated carbocycles. The minimum absolute atomic E-state index is 0. The number of hydrogen-bond acceptors (Lipinski definition) is 4. The van der Waals surface area contributed by atoms with E-state index in [0.29, 0.717) is 17.4 Å². The number of rotatable bonds is 9. The van der Waals surface area contributed by atoms with E-state index >= 15 is 0 Å². The summed E-state index contributed by atoms with van der Waals surface area (Å²) < 4.78 is 28.9. The number of nitrogens with one attached hydrogen (secondary N) is 3. The normalized spacial score (nSPS) is 14.4. The van der Waals surface area contributed by atoms with Gasteiger partial charge in [0.2, 0.25) is 10.0 Å². The van der Waals surface area contributed by atoms with Crippen LogP contribution in [0.3, 0.4) is 0 Å². The zero-order chi connectivity index (χ0) is 19.1. The zero-order valence-corrected chi connectivity index (χ0v) is 19.0. The van der Waals surface area contributed by atoms with E-state index in [1.165, 1.54) is 0 Å². The third-order valence-corrected chi connectivity index (χ3v) is 5.77. The van der Waals surface area contributed by atoms with E-state index < -0.39 is 10.0 Å². The molecule has 154 valence electrons. The van der Waals surface area contributed by atoms with Crippen molar-refractivity contribution in [1.29, 1.82) is 0 Å². The summed E-state index contributed by atoms with van der Waals surface area (Å²) in [6, 6.07) is 8.94. The van der Waals surface area contributed by atoms with E-state index in [1.54, 1.807) is 25.4 Å². The van der Waals surface area contributed by atoms with Crippen LogP contribution < -0.4 is 15.4 Å². The standard InChI is InChI=1S/C18H26N6O2S.HI/c1-19-18(20-10-2-12-24-13-3-11-22-24)21-14-15-4-8-17(9-5-15)27(25,26)23-16-6-7-16;/h3-5,8-9,11,13,16,23H,2,6-7,10,12,14H2,1H3,(H2,19,20,21);1H. The largest absolute Gasteiger partial charge is 0.356 e. The molecule has 1 aromatic heterocycles. The number of benzene rings is 1. The van der Waals surface area contributed by atoms with Crippen LogP contribution in [0.1, 0.15) is 24.8 Å². The van der Waals surface area contributed by atoms with E-state index in [2.05, 4.69) is 25.4 Å². The Balaban J connectivity index is 0.00000280. The Hall–Kier alpha value is -1.66. The molecule has 0 unspecified atom stereocenters. The molecule has 3 N–H and O–H groups in total. The van der Waals surface area contributed by atoms with E-state index in [4.69, 9.17) is 0 Å². The van der Waals surface area contributed by atoms with Crippen molar-refractivity contribution in [3.63, 3.8) is 0 Å². The van der Waals surface area contributed by atoms with Gasteiger partial charge in [0.1, 0.15) is 0 Å². The minimum Gasteiger partial charge on any atom is -0.356 e. The highest BCUT2D eigenvalue weighted by atomic mass is 127. The molecule has 8 nitrogen and oxygen atoms in total. The Morgan fingerprint density at radius 3 is 2.61 bits per heavy atom. The number of aliphatic imine (C=N–C) groups is 1. The predicted molar refractivity (Wildman–Crippen MR) is 120 cm³/mol. The first-order valence-corrected chi connectivity index (χ1v) is 10.6. The average Bonchev–Trinajstić information content (AvgIpc) is 3.31. The Bertz CT molecular complexity index is 849. The molecule has 0 aliphatic heterocycles. The van der Waals surface area contributed by atoms with Gasteiger partial charge < -0.3 is 10.6 Å². The minimum atomic E-state index is -3.40. The molecule has 0 bridgehead atoms. The first-order valence-electron chi connectivity index (χ1n) is 9.10. The second kappa shape index (κ2) is 10.8. The molecule has 1 aliphatic rings. The Morgan fingerprint density at radius 1 is 1.25 bits per heavy atom. The molecule has 1 fully saturated rings. The van der Waals surface area contributed by atoms with E-state index in [0.717, 1.165) is 37.9 Å². The smallest absolute Gasteiger partial charge is 0.240 e. The number of aryl methyl sites for hydroxylation is 1. The fourth-order valence-electron chi connectivity index (χ4n) is 2.56. The van der Waals surface area contributed by atoms with Gasteiger partial charge in [-0.15, -0.1) is 24.0 Å². The predicted octanol–water partition coefficient (Wildman–Crippen LogP) is 1.70. The summed E-state index contributed by atoms with van der Waals surface area (Å²) in [5.74, 6) is 0.711. The van der Waals surface area contributed by atoms with Crippen LogP contribution in [0.4, 0.5) is 0 Å². The highest BCUT2D eigenvalue weighted by molar-refractivity contribution is 14.0. The number of sulfonamides is 1. The van der Waals surface area contributed by atoms with Crippen molar-refractivity contribution >= 4 is 40.0 Å². The van der Waals surface area contributed by atoms with Crippen molar-refractivity contribution in [1.82, 2.24) is 25.1 Å². The van der Waals surface area contributed by atoms with Crippen LogP contribution in [0.5, 0.6) is 0 Å². The zero-order valence-electron chi connectivity index (χ0n) is 15.8. The van der Waals surface area contributed by atoms with Crippen molar-refractivity contribution in [3.8, 4) is 0 Å². The molecule has 10 heteroatoms. The summed E-state index contributed by atoms with van der Waals surface area (Å²) in [6.07, 6.45) is 6.50. The maximum atomic E-state index is 12.2. The number of aromatic nitrogens is 2. The number of nitrogens with zero attached hydrogens (tertiary/aromatic N) is 3. The van der Waals surface area contributed by atoms with Crippen molar-refractivity contribution in [2.75, 3.05) is 13.6 Å². The van der Waals surface area contributed by atoms with Gasteiger partial charge in [-0.25, -0.2) is 13.1 Å². The highest BCUT2D eigenvalue weighted by Crippen LogP contribution is 2.22. The number of guanidine groups is 1. The monoisotopic (exact) mass is 518 g/mol. The third-order valence-electron chi connectivity index (χ3n) is 4.23. The van der Waals surface area contributed by atoms with Crippen molar-refractivity contribution in [2.24, 2.45) is 4.99 Å². The molecule has 3 rings (SSSR count). The van der Waals surface area contributed by atoms with Gasteiger partial charge in [0, 0.05) is 45.1 Å². The lowest BCUT2D eigenvalue weighted by Crippen LogP contribution is -2.37. The molecule has 0 amide bonds. The van der Waals surface area contributed by atoms with Crippen LogP contribution in [0.2, 0.25) is 0 Å². The molecular formula is C18H27IN6O2S. The molecule has 0 spiro atoms. The Labute approximate surface area is 183 Å². The van der Waals surface area contributed by atoms with Crippen LogP contribution in [0.25, 0.3) is 0 Å². The molecule has 2 aromatic rings. The molecule has 0 atom stereocenters. The lowest BCUT2D eigenvalue weighted by atomic mass is 10.2. The quantitative estimate of drug-likeness (QED) is 0.203. The first kappa shape index (κ1) is 22.6. The summed E-state index contributed by atoms with van der Waals surface area (Å²) in [5, 5.41) is 10.7. The fraction of sp³-hybridized carbons (Fsp3) is 0.444. The summed E-state index contributed by atoms with van der Waals surface area (Å²) in [6.45, 7) is 2.20. The summed E-state index contributed by atoms with van der Waals surface area (Å²) in [7, 11) is -1.67. The number of hydrogen-bond donors (Lipinski definition) is 3. The lowest BCUT2D eigenvalue weighted by molar-refractivity contribution is 0.570. The fourth-order valence-corrected chi connectivity index (χ4v) is 3.87. The second-order valence-electron chi connectivity index (χ2n) is 6.51. The van der Waals surface area contributed by atoms with Gasteiger partial charge in [-0.1, -0.05) is 12.1 Å². The molecular weight excluding hydrogens is 491 g/mol. The van der Waals surface area contributed by atoms with Gasteiger partial charge in [-0.2, -0.15) is 5.10 Å². The SMILES string of the molecule is CN=C(NCCCn1cccn1)NCc1ccc(S(=O)(=O)NC2CC2)cc1.I. The van der Waals surface area contributed by atoms with Crippen LogP contribution in [0.15, 0.2) is 52.6 Å². The third kappa shape index (κ3) is 7.06. The molecule has 1 aromatic carbocycles. The summed E-state index contributed by atoms with van der Waals surface area (Å²) in [4.78, 5) is 4.51. The van der Waals surface area contributed by atoms with Crippen molar-refractivity contribution in [2.45, 2.75) is 43.3 Å². The van der Waals surface area contributed by atoms with Crippen molar-refractivity contribution < 1.29 is 8.42 Å². The van der Waals surface area contributed by atoms with Gasteiger partial charge in [0.15, 0.2) is 5.96 Å². The van der Waals surface area contributed by atoms with Gasteiger partial charge in [-0.05, 0) is 43.0 Å². The van der Waals surface area contributed by atoms with Gasteiger partial charge in [0.05, 0.1) is 4.90 Å². The van der Waals surface area contributed by atoms with Crippen LogP contribution in [-0.4, -0.2) is 43.8 Å². The molecule has 28 heavy (non-hydrogen) atoms. The number of halogens is 1. The Morgan fingerprint density at radius 2 is 2.00 bits per heavy atom. The van der Waals surface area contributed by atoms with Crippen LogP contribution >= 0.6 is 24.0 Å². The Kier molecular flexibility index (Phi) is 8.70. The second-order valence-corrected chi connectivity index (χ2v) is 8.23. The van der Waals surface area contributed by atoms with E-state index in [-0.39, 0.29) is 30.0 Å². The van der Waals surface area contributed by atoms with Gasteiger partial charge >= 0.3 is 0 Å². The lowest BCUT2D eigenvalue weighted by Gasteiger charge is -2.12. The molecule has 1 aliphatic carbocycles. The maximum absolute atomic E-state index is 12.2. The molecule has 0 radical (unpaired) electrons. The topological polar surface area (TPSA) is 100 Å². The molecule has 0 saturated heterocycles. The summed E-state index contributed by atoms with van der Waals surface area (Å²) >= 11 is 0. The average molecular weight is 518 g/mol. The summed E-state index contributed by atoms with van der Waals surface area (Å²) in [5.41, 5.74) is 0.986. The highest BCUT2D eigenvalue weighted by Gasteiger charge is 2.27. The van der Waals surface area contributed by atoms with Crippen molar-refractivity contribution in [3.05, 3.63) is 48.3 Å². The first-order chi connectivity index (χ1) is 13.1. The molecule has 1 heterocycles. The maximum Gasteiger partial charge on any atom is 0.240 e. The van der Waals surface area contributed by atoms with E-state index in [1.807, 2.05) is 29.1 Å².